The third-order valence-electron chi connectivity index (χ3n) is 3.16. The Morgan fingerprint density at radius 1 is 1.30 bits per heavy atom. The maximum absolute atomic E-state index is 13.2. The molecule has 1 heterocycles. The molecule has 0 saturated carbocycles. The molecule has 23 heavy (non-hydrogen) atoms. The van der Waals surface area contributed by atoms with Crippen LogP contribution in [0.2, 0.25) is 0 Å². The first-order valence-corrected chi connectivity index (χ1v) is 8.08. The van der Waals surface area contributed by atoms with E-state index in [9.17, 15) is 9.18 Å². The molecule has 1 N–H and O–H groups in total. The van der Waals surface area contributed by atoms with Crippen LogP contribution < -0.4 is 10.1 Å². The molecule has 1 amide bonds. The van der Waals surface area contributed by atoms with Gasteiger partial charge in [0.05, 0.1) is 22.4 Å². The highest BCUT2D eigenvalue weighted by Gasteiger charge is 2.14. The number of hydrogen-bond acceptors (Lipinski definition) is 4. The van der Waals surface area contributed by atoms with Crippen LogP contribution in [0, 0.1) is 5.82 Å². The van der Waals surface area contributed by atoms with Crippen molar-refractivity contribution in [3.05, 3.63) is 53.8 Å². The van der Waals surface area contributed by atoms with Crippen molar-refractivity contribution in [2.45, 2.75) is 13.3 Å². The molecule has 118 valence electrons. The van der Waals surface area contributed by atoms with Crippen LogP contribution in [0.3, 0.4) is 0 Å². The second-order valence-electron chi connectivity index (χ2n) is 4.93. The van der Waals surface area contributed by atoms with Gasteiger partial charge in [-0.05, 0) is 36.8 Å². The average Bonchev–Trinajstić information content (AvgIpc) is 2.94. The van der Waals surface area contributed by atoms with Crippen LogP contribution in [-0.4, -0.2) is 17.5 Å². The van der Waals surface area contributed by atoms with Gasteiger partial charge >= 0.3 is 0 Å². The summed E-state index contributed by atoms with van der Waals surface area (Å²) in [5.41, 5.74) is 1.11. The molecule has 0 spiro atoms. The van der Waals surface area contributed by atoms with Crippen LogP contribution in [0.25, 0.3) is 10.2 Å². The van der Waals surface area contributed by atoms with Crippen molar-refractivity contribution in [1.29, 1.82) is 0 Å². The van der Waals surface area contributed by atoms with Gasteiger partial charge in [0.15, 0.2) is 5.13 Å². The van der Waals surface area contributed by atoms with Gasteiger partial charge in [-0.1, -0.05) is 30.4 Å². The van der Waals surface area contributed by atoms with Crippen molar-refractivity contribution in [3.63, 3.8) is 0 Å². The van der Waals surface area contributed by atoms with Crippen molar-refractivity contribution >= 4 is 32.6 Å². The lowest BCUT2D eigenvalue weighted by molar-refractivity contribution is 0.102. The standard InChI is InChI=1S/C17H15FN2O2S/c1-2-9-22-14-6-4-3-5-12(14)16(21)20-17-19-13-8-7-11(18)10-15(13)23-17/h3-8,10H,2,9H2,1H3,(H,19,20,21). The Morgan fingerprint density at radius 3 is 2.96 bits per heavy atom. The van der Waals surface area contributed by atoms with E-state index in [4.69, 9.17) is 4.74 Å². The molecule has 6 heteroatoms. The summed E-state index contributed by atoms with van der Waals surface area (Å²) in [7, 11) is 0. The number of rotatable bonds is 5. The quantitative estimate of drug-likeness (QED) is 0.750. The summed E-state index contributed by atoms with van der Waals surface area (Å²) in [5.74, 6) is -0.0763. The fraction of sp³-hybridized carbons (Fsp3) is 0.176. The van der Waals surface area contributed by atoms with E-state index in [0.717, 1.165) is 6.42 Å². The summed E-state index contributed by atoms with van der Waals surface area (Å²) in [6.45, 7) is 2.55. The van der Waals surface area contributed by atoms with Crippen LogP contribution in [0.5, 0.6) is 5.75 Å². The zero-order valence-electron chi connectivity index (χ0n) is 12.5. The number of amides is 1. The van der Waals surface area contributed by atoms with E-state index in [2.05, 4.69) is 10.3 Å². The summed E-state index contributed by atoms with van der Waals surface area (Å²) in [6.07, 6.45) is 0.861. The molecule has 0 unspecified atom stereocenters. The lowest BCUT2D eigenvalue weighted by Gasteiger charge is -2.09. The SMILES string of the molecule is CCCOc1ccccc1C(=O)Nc1nc2ccc(F)cc2s1. The summed E-state index contributed by atoms with van der Waals surface area (Å²) < 4.78 is 19.5. The summed E-state index contributed by atoms with van der Waals surface area (Å²) in [5, 5.41) is 3.18. The van der Waals surface area contributed by atoms with Gasteiger partial charge in [-0.25, -0.2) is 9.37 Å². The average molecular weight is 330 g/mol. The zero-order valence-corrected chi connectivity index (χ0v) is 13.3. The highest BCUT2D eigenvalue weighted by atomic mass is 32.1. The number of benzene rings is 2. The molecule has 4 nitrogen and oxygen atoms in total. The molecule has 0 saturated heterocycles. The number of carbonyl (C=O) groups is 1. The van der Waals surface area contributed by atoms with E-state index >= 15 is 0 Å². The molecule has 0 aliphatic rings. The number of aromatic nitrogens is 1. The van der Waals surface area contributed by atoms with Crippen LogP contribution in [0.15, 0.2) is 42.5 Å². The fourth-order valence-corrected chi connectivity index (χ4v) is 2.99. The molecule has 2 aromatic carbocycles. The summed E-state index contributed by atoms with van der Waals surface area (Å²) >= 11 is 1.23. The minimum atomic E-state index is -0.322. The Bertz CT molecular complexity index is 847. The smallest absolute Gasteiger partial charge is 0.261 e. The molecule has 0 aliphatic heterocycles. The molecule has 0 radical (unpaired) electrons. The van der Waals surface area contributed by atoms with E-state index in [1.54, 1.807) is 24.3 Å². The van der Waals surface area contributed by atoms with Crippen molar-refractivity contribution in [1.82, 2.24) is 4.98 Å². The number of thiazole rings is 1. The molecular weight excluding hydrogens is 315 g/mol. The molecule has 0 bridgehead atoms. The number of ether oxygens (including phenoxy) is 1. The van der Waals surface area contributed by atoms with Gasteiger partial charge in [0.1, 0.15) is 11.6 Å². The maximum Gasteiger partial charge on any atom is 0.261 e. The number of nitrogens with one attached hydrogen (secondary N) is 1. The van der Waals surface area contributed by atoms with Gasteiger partial charge in [-0.15, -0.1) is 0 Å². The Kier molecular flexibility index (Phi) is 4.52. The van der Waals surface area contributed by atoms with E-state index < -0.39 is 0 Å². The molecular formula is C17H15FN2O2S. The van der Waals surface area contributed by atoms with Crippen molar-refractivity contribution < 1.29 is 13.9 Å². The van der Waals surface area contributed by atoms with Crippen LogP contribution in [0.1, 0.15) is 23.7 Å². The Morgan fingerprint density at radius 2 is 2.13 bits per heavy atom. The van der Waals surface area contributed by atoms with Gasteiger partial charge in [0, 0.05) is 0 Å². The van der Waals surface area contributed by atoms with Crippen molar-refractivity contribution in [2.75, 3.05) is 11.9 Å². The fourth-order valence-electron chi connectivity index (χ4n) is 2.11. The lowest BCUT2D eigenvalue weighted by Crippen LogP contribution is -2.13. The molecule has 1 aromatic heterocycles. The first-order valence-electron chi connectivity index (χ1n) is 7.26. The van der Waals surface area contributed by atoms with E-state index in [-0.39, 0.29) is 11.7 Å². The second kappa shape index (κ2) is 6.75. The van der Waals surface area contributed by atoms with E-state index in [1.807, 2.05) is 13.0 Å². The molecule has 3 aromatic rings. The molecule has 0 aliphatic carbocycles. The van der Waals surface area contributed by atoms with Gasteiger partial charge in [-0.3, -0.25) is 10.1 Å². The Hall–Kier alpha value is -2.47. The largest absolute Gasteiger partial charge is 0.493 e. The maximum atomic E-state index is 13.2. The van der Waals surface area contributed by atoms with E-state index in [1.165, 1.54) is 23.5 Å². The second-order valence-corrected chi connectivity index (χ2v) is 5.96. The van der Waals surface area contributed by atoms with Crippen LogP contribution in [-0.2, 0) is 0 Å². The van der Waals surface area contributed by atoms with Gasteiger partial charge < -0.3 is 4.74 Å². The predicted molar refractivity (Wildman–Crippen MR) is 89.8 cm³/mol. The minimum Gasteiger partial charge on any atom is -0.493 e. The van der Waals surface area contributed by atoms with Crippen molar-refractivity contribution in [2.24, 2.45) is 0 Å². The Balaban J connectivity index is 1.83. The highest BCUT2D eigenvalue weighted by molar-refractivity contribution is 7.22. The van der Waals surface area contributed by atoms with E-state index in [0.29, 0.717) is 33.3 Å². The third-order valence-corrected chi connectivity index (χ3v) is 4.10. The minimum absolute atomic E-state index is 0.295. The Labute approximate surface area is 136 Å². The number of anilines is 1. The van der Waals surface area contributed by atoms with Crippen molar-refractivity contribution in [3.8, 4) is 5.75 Å². The topological polar surface area (TPSA) is 51.2 Å². The normalized spacial score (nSPS) is 10.7. The summed E-state index contributed by atoms with van der Waals surface area (Å²) in [4.78, 5) is 16.7. The molecule has 0 fully saturated rings. The van der Waals surface area contributed by atoms with Crippen LogP contribution >= 0.6 is 11.3 Å². The van der Waals surface area contributed by atoms with Gasteiger partial charge in [-0.2, -0.15) is 0 Å². The number of hydrogen-bond donors (Lipinski definition) is 1. The monoisotopic (exact) mass is 330 g/mol. The van der Waals surface area contributed by atoms with Gasteiger partial charge in [0.2, 0.25) is 0 Å². The molecule has 3 rings (SSSR count). The van der Waals surface area contributed by atoms with Gasteiger partial charge in [0.25, 0.3) is 5.91 Å². The number of carbonyl (C=O) groups excluding carboxylic acids is 1. The first-order chi connectivity index (χ1) is 11.2. The predicted octanol–water partition coefficient (Wildman–Crippen LogP) is 4.48. The number of para-hydroxylation sites is 1. The lowest BCUT2D eigenvalue weighted by atomic mass is 10.2. The highest BCUT2D eigenvalue weighted by Crippen LogP contribution is 2.27. The van der Waals surface area contributed by atoms with Crippen LogP contribution in [0.4, 0.5) is 9.52 Å². The number of halogens is 1. The number of nitrogens with zero attached hydrogens (tertiary/aromatic N) is 1. The first kappa shape index (κ1) is 15.4. The third kappa shape index (κ3) is 3.48. The number of fused-ring (bicyclic) bond motifs is 1. The zero-order chi connectivity index (χ0) is 16.2. The molecule has 0 atom stereocenters. The summed E-state index contributed by atoms with van der Waals surface area (Å²) in [6, 6.07) is 11.4.